The molecule has 0 radical (unpaired) electrons. The summed E-state index contributed by atoms with van der Waals surface area (Å²) < 4.78 is 6.00. The normalized spacial score (nSPS) is 11.5. The molecule has 0 fully saturated rings. The van der Waals surface area contributed by atoms with Gasteiger partial charge in [-0.25, -0.2) is 0 Å². The highest BCUT2D eigenvalue weighted by Gasteiger charge is 2.36. The quantitative estimate of drug-likeness (QED) is 0.417. The van der Waals surface area contributed by atoms with Gasteiger partial charge in [0.1, 0.15) is 0 Å². The van der Waals surface area contributed by atoms with Crippen LogP contribution in [0.5, 0.6) is 0 Å². The summed E-state index contributed by atoms with van der Waals surface area (Å²) in [6.07, 6.45) is 5.63. The first-order valence-corrected chi connectivity index (χ1v) is 11.1. The van der Waals surface area contributed by atoms with Crippen molar-refractivity contribution in [1.82, 2.24) is 0 Å². The molecule has 22 heavy (non-hydrogen) atoms. The first-order chi connectivity index (χ1) is 9.72. The van der Waals surface area contributed by atoms with Crippen LogP contribution >= 0.6 is 0 Å². The molecule has 0 aliphatic heterocycles. The number of hydrogen-bond acceptors (Lipinski definition) is 4. The van der Waals surface area contributed by atoms with Crippen LogP contribution in [0.15, 0.2) is 0 Å². The maximum atomic E-state index is 8.62. The van der Waals surface area contributed by atoms with E-state index in [1.165, 1.54) is 0 Å². The van der Waals surface area contributed by atoms with Gasteiger partial charge in [0.2, 0.25) is 0 Å². The molecular weight excluding hydrogens is 296 g/mol. The lowest BCUT2D eigenvalue weighted by atomic mass is 10.2. The molecule has 4 nitrogen and oxygen atoms in total. The van der Waals surface area contributed by atoms with Gasteiger partial charge < -0.3 is 19.7 Å². The van der Waals surface area contributed by atoms with Crippen LogP contribution in [0.3, 0.4) is 0 Å². The lowest BCUT2D eigenvalue weighted by Crippen LogP contribution is -2.40. The largest absolute Gasteiger partial charge is 0.417 e. The van der Waals surface area contributed by atoms with Gasteiger partial charge in [-0.15, -0.1) is 0 Å². The van der Waals surface area contributed by atoms with Gasteiger partial charge in [-0.2, -0.15) is 0 Å². The van der Waals surface area contributed by atoms with Crippen molar-refractivity contribution in [2.75, 3.05) is 26.4 Å². The van der Waals surface area contributed by atoms with E-state index in [4.69, 9.17) is 19.7 Å². The fourth-order valence-corrected chi connectivity index (χ4v) is 2.42. The molecule has 0 aliphatic carbocycles. The predicted molar refractivity (Wildman–Crippen MR) is 98.8 cm³/mol. The fraction of sp³-hybridized carbons (Fsp3) is 1.00. The van der Waals surface area contributed by atoms with E-state index in [0.717, 1.165) is 45.1 Å². The monoisotopic (exact) mass is 338 g/mol. The molecule has 0 aromatic carbocycles. The maximum Gasteiger partial charge on any atom is 0.191 e. The smallest absolute Gasteiger partial charge is 0.191 e. The van der Waals surface area contributed by atoms with Crippen molar-refractivity contribution in [2.45, 2.75) is 84.9 Å². The van der Waals surface area contributed by atoms with E-state index >= 15 is 0 Å². The fourth-order valence-electron chi connectivity index (χ4n) is 1.33. The van der Waals surface area contributed by atoms with Gasteiger partial charge >= 0.3 is 0 Å². The van der Waals surface area contributed by atoms with E-state index in [1.54, 1.807) is 0 Å². The topological polar surface area (TPSA) is 69.9 Å². The maximum absolute atomic E-state index is 8.62. The van der Waals surface area contributed by atoms with Gasteiger partial charge in [-0.3, -0.25) is 0 Å². The molecule has 0 spiro atoms. The third-order valence-electron chi connectivity index (χ3n) is 3.89. The first-order valence-electron chi connectivity index (χ1n) is 8.19. The van der Waals surface area contributed by atoms with E-state index in [9.17, 15) is 0 Å². The third kappa shape index (κ3) is 16.4. The highest BCUT2D eigenvalue weighted by molar-refractivity contribution is 6.74. The molecule has 0 aromatic rings. The number of hydrogen-bond donors (Lipinski definition) is 3. The molecule has 0 unspecified atom stereocenters. The Morgan fingerprint density at radius 3 is 1.41 bits per heavy atom. The number of unbranched alkanes of at least 4 members (excludes halogenated alkanes) is 4. The summed E-state index contributed by atoms with van der Waals surface area (Å²) in [5, 5.41) is 25.4. The molecule has 0 saturated heterocycles. The van der Waals surface area contributed by atoms with Crippen molar-refractivity contribution in [2.24, 2.45) is 0 Å². The van der Waals surface area contributed by atoms with Gasteiger partial charge in [0, 0.05) is 26.4 Å². The average molecular weight is 339 g/mol. The molecule has 0 aromatic heterocycles. The first kappa shape index (κ1) is 26.9. The van der Waals surface area contributed by atoms with Crippen LogP contribution in [-0.2, 0) is 4.43 Å². The van der Waals surface area contributed by atoms with E-state index < -0.39 is 8.32 Å². The van der Waals surface area contributed by atoms with Crippen molar-refractivity contribution in [3.05, 3.63) is 0 Å². The van der Waals surface area contributed by atoms with Gasteiger partial charge in [-0.1, -0.05) is 28.2 Å². The van der Waals surface area contributed by atoms with E-state index in [1.807, 2.05) is 0 Å². The molecule has 138 valence electrons. The Morgan fingerprint density at radius 2 is 1.09 bits per heavy atom. The second-order valence-corrected chi connectivity index (χ2v) is 11.7. The summed E-state index contributed by atoms with van der Waals surface area (Å²) in [5.41, 5.74) is 0. The van der Waals surface area contributed by atoms with Crippen molar-refractivity contribution in [3.8, 4) is 0 Å². The summed E-state index contributed by atoms with van der Waals surface area (Å²) in [5.74, 6) is 0. The van der Waals surface area contributed by atoms with E-state index in [-0.39, 0.29) is 20.6 Å². The van der Waals surface area contributed by atoms with Crippen LogP contribution in [0.1, 0.15) is 66.7 Å². The molecule has 0 heterocycles. The highest BCUT2D eigenvalue weighted by Crippen LogP contribution is 2.36. The van der Waals surface area contributed by atoms with E-state index in [0.29, 0.717) is 11.6 Å². The molecule has 0 bridgehead atoms. The standard InChI is InChI=1S/C11H26O2Si.C5H12O2.CH4/c1-11(2,3)14(4,5)13-10-8-6-7-9-12;6-4-2-1-3-5-7;/h12H,6-10H2,1-5H3;6-7H,1-5H2;1H4. The SMILES string of the molecule is C.CC(C)(C)[Si](C)(C)OCCCCCO.OCCCCCO. The molecule has 5 heteroatoms. The summed E-state index contributed by atoms with van der Waals surface area (Å²) in [4.78, 5) is 0. The van der Waals surface area contributed by atoms with Crippen molar-refractivity contribution >= 4 is 8.32 Å². The second kappa shape index (κ2) is 15.9. The Hall–Kier alpha value is 0.0569. The van der Waals surface area contributed by atoms with Crippen molar-refractivity contribution < 1.29 is 19.7 Å². The third-order valence-corrected chi connectivity index (χ3v) is 8.43. The molecule has 0 saturated carbocycles. The Morgan fingerprint density at radius 1 is 0.727 bits per heavy atom. The van der Waals surface area contributed by atoms with Crippen LogP contribution in [-0.4, -0.2) is 50.1 Å². The number of aliphatic hydroxyl groups is 3. The minimum Gasteiger partial charge on any atom is -0.417 e. The minimum absolute atomic E-state index is 0. The zero-order chi connectivity index (χ0) is 16.8. The van der Waals surface area contributed by atoms with Gasteiger partial charge in [0.25, 0.3) is 0 Å². The highest BCUT2D eigenvalue weighted by atomic mass is 28.4. The van der Waals surface area contributed by atoms with E-state index in [2.05, 4.69) is 33.9 Å². The Kier molecular flexibility index (Phi) is 19.5. The van der Waals surface area contributed by atoms with Crippen LogP contribution in [0.4, 0.5) is 0 Å². The molecule has 0 aliphatic rings. The summed E-state index contributed by atoms with van der Waals surface area (Å²) in [6, 6.07) is 0. The lowest BCUT2D eigenvalue weighted by Gasteiger charge is -2.36. The zero-order valence-corrected chi connectivity index (χ0v) is 15.8. The molecule has 3 N–H and O–H groups in total. The Labute approximate surface area is 140 Å². The average Bonchev–Trinajstić information content (AvgIpc) is 2.38. The molecule has 0 amide bonds. The summed E-state index contributed by atoms with van der Waals surface area (Å²) >= 11 is 0. The predicted octanol–water partition coefficient (Wildman–Crippen LogP) is 3.95. The number of aliphatic hydroxyl groups excluding tert-OH is 3. The lowest BCUT2D eigenvalue weighted by molar-refractivity contribution is 0.255. The van der Waals surface area contributed by atoms with Gasteiger partial charge in [-0.05, 0) is 56.7 Å². The van der Waals surface area contributed by atoms with Crippen LogP contribution in [0, 0.1) is 0 Å². The minimum atomic E-state index is -1.53. The molecule has 0 rings (SSSR count). The van der Waals surface area contributed by atoms with Crippen LogP contribution in [0.2, 0.25) is 18.1 Å². The summed E-state index contributed by atoms with van der Waals surface area (Å²) in [6.45, 7) is 13.0. The van der Waals surface area contributed by atoms with Crippen molar-refractivity contribution in [3.63, 3.8) is 0 Å². The Bertz CT molecular complexity index is 211. The second-order valence-electron chi connectivity index (χ2n) is 6.90. The van der Waals surface area contributed by atoms with Gasteiger partial charge in [0.05, 0.1) is 0 Å². The Balaban J connectivity index is -0.000000385. The zero-order valence-electron chi connectivity index (χ0n) is 14.8. The molecule has 0 atom stereocenters. The van der Waals surface area contributed by atoms with Crippen LogP contribution in [0.25, 0.3) is 0 Å². The summed E-state index contributed by atoms with van der Waals surface area (Å²) in [7, 11) is -1.53. The van der Waals surface area contributed by atoms with Crippen LogP contribution < -0.4 is 0 Å². The number of rotatable bonds is 10. The van der Waals surface area contributed by atoms with Crippen molar-refractivity contribution in [1.29, 1.82) is 0 Å². The molecular formula is C17H42O4Si. The van der Waals surface area contributed by atoms with Gasteiger partial charge in [0.15, 0.2) is 8.32 Å².